The number of benzene rings is 1. The molecule has 0 aliphatic heterocycles. The van der Waals surface area contributed by atoms with Crippen molar-refractivity contribution in [2.24, 2.45) is 5.92 Å². The molecule has 1 aromatic heterocycles. The summed E-state index contributed by atoms with van der Waals surface area (Å²) in [6.07, 6.45) is 5.59. The van der Waals surface area contributed by atoms with E-state index in [2.05, 4.69) is 16.1 Å². The number of sulfonamides is 1. The molecule has 0 unspecified atom stereocenters. The molecule has 1 saturated carbocycles. The minimum atomic E-state index is -3.26. The monoisotopic (exact) mass is 364 g/mol. The molecule has 1 heterocycles. The van der Waals surface area contributed by atoms with Gasteiger partial charge in [0.15, 0.2) is 0 Å². The highest BCUT2D eigenvalue weighted by Crippen LogP contribution is 2.27. The van der Waals surface area contributed by atoms with Crippen LogP contribution >= 0.6 is 0 Å². The van der Waals surface area contributed by atoms with E-state index in [1.807, 2.05) is 18.2 Å². The Morgan fingerprint density at radius 1 is 1.12 bits per heavy atom. The van der Waals surface area contributed by atoms with E-state index in [-0.39, 0.29) is 6.04 Å². The average molecular weight is 365 g/mol. The smallest absolute Gasteiger partial charge is 0.216 e. The normalized spacial score (nSPS) is 22.2. The van der Waals surface area contributed by atoms with Crippen LogP contribution in [0.5, 0.6) is 0 Å². The molecule has 1 fully saturated rings. The highest BCUT2D eigenvalue weighted by atomic mass is 32.2. The molecule has 5 nitrogen and oxygen atoms in total. The van der Waals surface area contributed by atoms with Crippen LogP contribution < -0.4 is 10.0 Å². The Balaban J connectivity index is 1.48. The van der Waals surface area contributed by atoms with Crippen LogP contribution in [0.2, 0.25) is 0 Å². The zero-order valence-corrected chi connectivity index (χ0v) is 16.0. The molecule has 1 aliphatic rings. The van der Waals surface area contributed by atoms with Gasteiger partial charge in [0.25, 0.3) is 0 Å². The van der Waals surface area contributed by atoms with Gasteiger partial charge < -0.3 is 9.73 Å². The molecule has 0 bridgehead atoms. The van der Waals surface area contributed by atoms with Crippen molar-refractivity contribution in [2.45, 2.75) is 57.2 Å². The predicted molar refractivity (Wildman–Crippen MR) is 102 cm³/mol. The lowest BCUT2D eigenvalue weighted by Gasteiger charge is -2.31. The van der Waals surface area contributed by atoms with Crippen LogP contribution in [-0.2, 0) is 10.0 Å². The van der Waals surface area contributed by atoms with Crippen LogP contribution in [0.4, 0.5) is 5.69 Å². The Morgan fingerprint density at radius 3 is 2.52 bits per heavy atom. The van der Waals surface area contributed by atoms with Crippen molar-refractivity contribution in [1.82, 2.24) is 4.72 Å². The van der Waals surface area contributed by atoms with Crippen LogP contribution in [0.1, 0.15) is 46.5 Å². The van der Waals surface area contributed by atoms with E-state index in [0.29, 0.717) is 5.92 Å². The molecule has 1 aromatic carbocycles. The third kappa shape index (κ3) is 4.36. The summed E-state index contributed by atoms with van der Waals surface area (Å²) in [5, 5.41) is 4.61. The summed E-state index contributed by atoms with van der Waals surface area (Å²) in [5.41, 5.74) is 2.00. The second-order valence-corrected chi connectivity index (χ2v) is 10.5. The first-order valence-electron chi connectivity index (χ1n) is 8.97. The van der Waals surface area contributed by atoms with Gasteiger partial charge >= 0.3 is 0 Å². The van der Waals surface area contributed by atoms with Crippen LogP contribution in [-0.4, -0.2) is 25.8 Å². The van der Waals surface area contributed by atoms with Gasteiger partial charge in [0.1, 0.15) is 5.58 Å². The molecule has 0 saturated heterocycles. The zero-order valence-electron chi connectivity index (χ0n) is 15.2. The van der Waals surface area contributed by atoms with Crippen molar-refractivity contribution in [3.63, 3.8) is 0 Å². The summed E-state index contributed by atoms with van der Waals surface area (Å²) in [7, 11) is -3.26. The second kappa shape index (κ2) is 7.00. The highest BCUT2D eigenvalue weighted by Gasteiger charge is 2.32. The lowest BCUT2D eigenvalue weighted by Crippen LogP contribution is -2.46. The maximum absolute atomic E-state index is 12.3. The molecular weight excluding hydrogens is 336 g/mol. The highest BCUT2D eigenvalue weighted by molar-refractivity contribution is 7.90. The lowest BCUT2D eigenvalue weighted by molar-refractivity contribution is 0.322. The molecule has 6 heteroatoms. The van der Waals surface area contributed by atoms with Gasteiger partial charge in [-0.15, -0.1) is 0 Å². The summed E-state index contributed by atoms with van der Waals surface area (Å²) < 4.78 is 32.0. The molecule has 0 amide bonds. The number of nitrogens with one attached hydrogen (secondary N) is 2. The molecule has 25 heavy (non-hydrogen) atoms. The average Bonchev–Trinajstić information content (AvgIpc) is 3.00. The molecule has 0 spiro atoms. The van der Waals surface area contributed by atoms with Gasteiger partial charge in [-0.2, -0.15) is 0 Å². The van der Waals surface area contributed by atoms with E-state index >= 15 is 0 Å². The van der Waals surface area contributed by atoms with Crippen LogP contribution in [0, 0.1) is 5.92 Å². The van der Waals surface area contributed by atoms with Crippen LogP contribution in [0.25, 0.3) is 11.0 Å². The van der Waals surface area contributed by atoms with E-state index in [1.165, 1.54) is 0 Å². The van der Waals surface area contributed by atoms with Crippen molar-refractivity contribution in [1.29, 1.82) is 0 Å². The molecule has 1 aliphatic carbocycles. The summed E-state index contributed by atoms with van der Waals surface area (Å²) >= 11 is 0. The van der Waals surface area contributed by atoms with Gasteiger partial charge in [-0.1, -0.05) is 0 Å². The molecule has 3 rings (SSSR count). The molecule has 2 aromatic rings. The lowest BCUT2D eigenvalue weighted by atomic mass is 9.86. The van der Waals surface area contributed by atoms with Crippen LogP contribution in [0.3, 0.4) is 0 Å². The minimum Gasteiger partial charge on any atom is -0.464 e. The van der Waals surface area contributed by atoms with E-state index in [4.69, 9.17) is 4.42 Å². The van der Waals surface area contributed by atoms with Gasteiger partial charge in [-0.05, 0) is 76.6 Å². The predicted octanol–water partition coefficient (Wildman–Crippen LogP) is 4.12. The Morgan fingerprint density at radius 2 is 1.84 bits per heavy atom. The van der Waals surface area contributed by atoms with E-state index < -0.39 is 14.8 Å². The maximum Gasteiger partial charge on any atom is 0.216 e. The number of rotatable bonds is 5. The van der Waals surface area contributed by atoms with Gasteiger partial charge in [-0.3, -0.25) is 0 Å². The topological polar surface area (TPSA) is 71.3 Å². The summed E-state index contributed by atoms with van der Waals surface area (Å²) in [6.45, 7) is 6.13. The fourth-order valence-electron chi connectivity index (χ4n) is 3.22. The SMILES string of the molecule is CC(C)(C)S(=O)(=O)N[C@H]1CC[C@H](CNc2ccc3occc3c2)CC1. The van der Waals surface area contributed by atoms with Crippen molar-refractivity contribution in [3.8, 4) is 0 Å². The quantitative estimate of drug-likeness (QED) is 0.837. The van der Waals surface area contributed by atoms with Gasteiger partial charge in [0.05, 0.1) is 11.0 Å². The van der Waals surface area contributed by atoms with Gasteiger partial charge in [-0.25, -0.2) is 13.1 Å². The summed E-state index contributed by atoms with van der Waals surface area (Å²) in [6, 6.07) is 8.16. The molecular formula is C19H28N2O3S. The Kier molecular flexibility index (Phi) is 5.11. The van der Waals surface area contributed by atoms with E-state index in [9.17, 15) is 8.42 Å². The standard InChI is InChI=1S/C19H28N2O3S/c1-19(2,3)25(22,23)21-16-6-4-14(5-7-16)13-20-17-8-9-18-15(12-17)10-11-24-18/h8-12,14,16,20-21H,4-7,13H2,1-3H3/t14-,16-. The summed E-state index contributed by atoms with van der Waals surface area (Å²) in [4.78, 5) is 0. The Labute approximate surface area is 150 Å². The van der Waals surface area contributed by atoms with Crippen molar-refractivity contribution >= 4 is 26.7 Å². The number of fused-ring (bicyclic) bond motifs is 1. The maximum atomic E-state index is 12.3. The van der Waals surface area contributed by atoms with Crippen LogP contribution in [0.15, 0.2) is 34.9 Å². The number of hydrogen-bond acceptors (Lipinski definition) is 4. The number of anilines is 1. The third-order valence-electron chi connectivity index (χ3n) is 5.02. The molecule has 0 radical (unpaired) electrons. The fourth-order valence-corrected chi connectivity index (χ4v) is 4.25. The molecule has 0 atom stereocenters. The second-order valence-electron chi connectivity index (χ2n) is 8.01. The van der Waals surface area contributed by atoms with E-state index in [1.54, 1.807) is 27.0 Å². The minimum absolute atomic E-state index is 0.0720. The first-order chi connectivity index (χ1) is 11.7. The first-order valence-corrected chi connectivity index (χ1v) is 10.5. The first kappa shape index (κ1) is 18.3. The van der Waals surface area contributed by atoms with Gasteiger partial charge in [0.2, 0.25) is 10.0 Å². The summed E-state index contributed by atoms with van der Waals surface area (Å²) in [5.74, 6) is 0.579. The number of hydrogen-bond donors (Lipinski definition) is 2. The van der Waals surface area contributed by atoms with Crippen molar-refractivity contribution in [2.75, 3.05) is 11.9 Å². The molecule has 2 N–H and O–H groups in total. The van der Waals surface area contributed by atoms with E-state index in [0.717, 1.165) is 48.9 Å². The van der Waals surface area contributed by atoms with Crippen molar-refractivity contribution in [3.05, 3.63) is 30.5 Å². The zero-order chi connectivity index (χ0) is 18.1. The number of furan rings is 1. The largest absolute Gasteiger partial charge is 0.464 e. The Hall–Kier alpha value is -1.53. The third-order valence-corrected chi connectivity index (χ3v) is 7.28. The van der Waals surface area contributed by atoms with Crippen molar-refractivity contribution < 1.29 is 12.8 Å². The Bertz CT molecular complexity index is 813. The molecule has 138 valence electrons. The fraction of sp³-hybridized carbons (Fsp3) is 0.579. The van der Waals surface area contributed by atoms with Gasteiger partial charge in [0, 0.05) is 23.7 Å².